The Morgan fingerprint density at radius 2 is 1.85 bits per heavy atom. The number of aromatic nitrogens is 2. The molecule has 0 aliphatic carbocycles. The minimum absolute atomic E-state index is 0.0595. The Balaban J connectivity index is 1.28. The average Bonchev–Trinajstić information content (AvgIpc) is 3.49. The van der Waals surface area contributed by atoms with Crippen molar-refractivity contribution in [3.63, 3.8) is 0 Å². The van der Waals surface area contributed by atoms with Gasteiger partial charge in [0.2, 0.25) is 5.82 Å². The summed E-state index contributed by atoms with van der Waals surface area (Å²) in [6, 6.07) is 20.5. The summed E-state index contributed by atoms with van der Waals surface area (Å²) in [6.07, 6.45) is 0. The van der Waals surface area contributed by atoms with Crippen LogP contribution in [0.1, 0.15) is 27.7 Å². The maximum Gasteiger partial charge on any atom is 0.264 e. The van der Waals surface area contributed by atoms with Gasteiger partial charge in [-0.25, -0.2) is 0 Å². The molecule has 1 unspecified atom stereocenters. The molecule has 0 spiro atoms. The molecule has 5 rings (SSSR count). The lowest BCUT2D eigenvalue weighted by Gasteiger charge is -2.41. The normalized spacial score (nSPS) is 16.3. The third-order valence-electron chi connectivity index (χ3n) is 6.01. The van der Waals surface area contributed by atoms with E-state index in [4.69, 9.17) is 4.52 Å². The molecular formula is C26H26N4O2S. The molecule has 1 atom stereocenters. The lowest BCUT2D eigenvalue weighted by Crippen LogP contribution is -2.53. The quantitative estimate of drug-likeness (QED) is 0.408. The van der Waals surface area contributed by atoms with Gasteiger partial charge in [0.1, 0.15) is 0 Å². The van der Waals surface area contributed by atoms with Crippen molar-refractivity contribution in [2.24, 2.45) is 0 Å². The summed E-state index contributed by atoms with van der Waals surface area (Å²) in [5.74, 6) is 1.05. The summed E-state index contributed by atoms with van der Waals surface area (Å²) < 4.78 is 5.45. The Morgan fingerprint density at radius 3 is 2.61 bits per heavy atom. The zero-order valence-electron chi connectivity index (χ0n) is 19.0. The summed E-state index contributed by atoms with van der Waals surface area (Å²) in [5, 5.41) is 4.13. The highest BCUT2D eigenvalue weighted by Gasteiger charge is 2.28. The number of aryl methyl sites for hydroxylation is 2. The Hall–Kier alpha value is -3.45. The van der Waals surface area contributed by atoms with Gasteiger partial charge in [-0.1, -0.05) is 35.0 Å². The number of carbonyl (C=O) groups excluding carboxylic acids is 1. The molecule has 2 aromatic carbocycles. The summed E-state index contributed by atoms with van der Waals surface area (Å²) in [5.41, 5.74) is 4.52. The predicted molar refractivity (Wildman–Crippen MR) is 132 cm³/mol. The van der Waals surface area contributed by atoms with Gasteiger partial charge in [-0.05, 0) is 62.7 Å². The predicted octanol–water partition coefficient (Wildman–Crippen LogP) is 5.43. The Labute approximate surface area is 197 Å². The largest absolute Gasteiger partial charge is 0.365 e. The Morgan fingerprint density at radius 1 is 1.03 bits per heavy atom. The van der Waals surface area contributed by atoms with Crippen molar-refractivity contribution in [1.82, 2.24) is 15.0 Å². The molecule has 1 saturated heterocycles. The highest BCUT2D eigenvalue weighted by atomic mass is 32.1. The van der Waals surface area contributed by atoms with E-state index in [1.165, 1.54) is 28.2 Å². The number of hydrogen-bond donors (Lipinski definition) is 0. The third kappa shape index (κ3) is 4.41. The van der Waals surface area contributed by atoms with E-state index >= 15 is 0 Å². The molecule has 0 bridgehead atoms. The van der Waals surface area contributed by atoms with E-state index in [1.54, 1.807) is 0 Å². The molecule has 1 fully saturated rings. The van der Waals surface area contributed by atoms with Gasteiger partial charge in [0, 0.05) is 36.9 Å². The molecule has 1 aliphatic rings. The molecule has 3 heterocycles. The summed E-state index contributed by atoms with van der Waals surface area (Å²) >= 11 is 1.41. The SMILES string of the molecule is Cc1ccc(-c2nc(-c3ccc(C(=O)N4CCN(c5cccc(C)c5)C(C)C4)s3)no2)cc1. The number of carbonyl (C=O) groups is 1. The van der Waals surface area contributed by atoms with Crippen molar-refractivity contribution >= 4 is 22.9 Å². The van der Waals surface area contributed by atoms with Gasteiger partial charge in [-0.15, -0.1) is 11.3 Å². The van der Waals surface area contributed by atoms with E-state index in [1.807, 2.05) is 48.2 Å². The van der Waals surface area contributed by atoms with Gasteiger partial charge in [0.05, 0.1) is 9.75 Å². The molecule has 4 aromatic rings. The summed E-state index contributed by atoms with van der Waals surface area (Å²) in [4.78, 5) is 23.6. The topological polar surface area (TPSA) is 62.5 Å². The first-order valence-electron chi connectivity index (χ1n) is 11.1. The van der Waals surface area contributed by atoms with Crippen molar-refractivity contribution in [3.8, 4) is 22.2 Å². The van der Waals surface area contributed by atoms with Crippen LogP contribution in [0.25, 0.3) is 22.2 Å². The number of anilines is 1. The molecule has 1 amide bonds. The van der Waals surface area contributed by atoms with Crippen molar-refractivity contribution in [2.75, 3.05) is 24.5 Å². The fourth-order valence-corrected chi connectivity index (χ4v) is 5.10. The second-order valence-electron chi connectivity index (χ2n) is 8.59. The van der Waals surface area contributed by atoms with Crippen LogP contribution in [-0.2, 0) is 0 Å². The van der Waals surface area contributed by atoms with Crippen LogP contribution in [0.3, 0.4) is 0 Å². The van der Waals surface area contributed by atoms with E-state index in [0.717, 1.165) is 17.0 Å². The van der Waals surface area contributed by atoms with E-state index in [0.29, 0.717) is 29.7 Å². The first kappa shape index (κ1) is 21.4. The van der Waals surface area contributed by atoms with Crippen LogP contribution in [0.2, 0.25) is 0 Å². The van der Waals surface area contributed by atoms with Gasteiger partial charge in [0.25, 0.3) is 11.8 Å². The number of thiophene rings is 1. The first-order valence-corrected chi connectivity index (χ1v) is 11.9. The smallest absolute Gasteiger partial charge is 0.264 e. The highest BCUT2D eigenvalue weighted by Crippen LogP contribution is 2.30. The van der Waals surface area contributed by atoms with Crippen molar-refractivity contribution in [2.45, 2.75) is 26.8 Å². The van der Waals surface area contributed by atoms with E-state index in [-0.39, 0.29) is 11.9 Å². The highest BCUT2D eigenvalue weighted by molar-refractivity contribution is 7.17. The van der Waals surface area contributed by atoms with Gasteiger partial charge < -0.3 is 14.3 Å². The van der Waals surface area contributed by atoms with Crippen LogP contribution in [0, 0.1) is 13.8 Å². The van der Waals surface area contributed by atoms with Gasteiger partial charge >= 0.3 is 0 Å². The van der Waals surface area contributed by atoms with Gasteiger partial charge in [-0.2, -0.15) is 4.98 Å². The molecule has 2 aromatic heterocycles. The summed E-state index contributed by atoms with van der Waals surface area (Å²) in [7, 11) is 0. The Kier molecular flexibility index (Phi) is 5.72. The lowest BCUT2D eigenvalue weighted by molar-refractivity contribution is 0.0731. The lowest BCUT2D eigenvalue weighted by atomic mass is 10.1. The third-order valence-corrected chi connectivity index (χ3v) is 7.08. The monoisotopic (exact) mass is 458 g/mol. The van der Waals surface area contributed by atoms with E-state index in [9.17, 15) is 4.79 Å². The number of benzene rings is 2. The van der Waals surface area contributed by atoms with Crippen molar-refractivity contribution < 1.29 is 9.32 Å². The second kappa shape index (κ2) is 8.83. The van der Waals surface area contributed by atoms with Crippen LogP contribution >= 0.6 is 11.3 Å². The van der Waals surface area contributed by atoms with Gasteiger partial charge in [-0.3, -0.25) is 4.79 Å². The van der Waals surface area contributed by atoms with Crippen molar-refractivity contribution in [1.29, 1.82) is 0 Å². The average molecular weight is 459 g/mol. The van der Waals surface area contributed by atoms with Gasteiger partial charge in [0.15, 0.2) is 0 Å². The minimum atomic E-state index is 0.0595. The molecular weight excluding hydrogens is 432 g/mol. The van der Waals surface area contributed by atoms with Crippen LogP contribution in [0.4, 0.5) is 5.69 Å². The Bertz CT molecular complexity index is 1280. The molecule has 0 saturated carbocycles. The number of nitrogens with zero attached hydrogens (tertiary/aromatic N) is 4. The van der Waals surface area contributed by atoms with E-state index < -0.39 is 0 Å². The van der Waals surface area contributed by atoms with Crippen LogP contribution in [-0.4, -0.2) is 46.6 Å². The fraction of sp³-hybridized carbons (Fsp3) is 0.269. The summed E-state index contributed by atoms with van der Waals surface area (Å²) in [6.45, 7) is 8.53. The number of hydrogen-bond acceptors (Lipinski definition) is 6. The van der Waals surface area contributed by atoms with Crippen molar-refractivity contribution in [3.05, 3.63) is 76.7 Å². The van der Waals surface area contributed by atoms with Crippen LogP contribution < -0.4 is 4.90 Å². The van der Waals surface area contributed by atoms with E-state index in [2.05, 4.69) is 53.2 Å². The molecule has 7 heteroatoms. The zero-order valence-corrected chi connectivity index (χ0v) is 19.8. The molecule has 168 valence electrons. The van der Waals surface area contributed by atoms with Crippen LogP contribution in [0.5, 0.6) is 0 Å². The standard InChI is InChI=1S/C26H26N4O2S/c1-17-7-9-20(10-8-17)25-27-24(28-32-25)22-11-12-23(33-22)26(31)29-13-14-30(19(3)16-29)21-6-4-5-18(2)15-21/h4-12,15,19H,13-14,16H2,1-3H3. The fourth-order valence-electron chi connectivity index (χ4n) is 4.20. The minimum Gasteiger partial charge on any atom is -0.365 e. The zero-order chi connectivity index (χ0) is 22.9. The molecule has 0 radical (unpaired) electrons. The number of piperazine rings is 1. The first-order chi connectivity index (χ1) is 16.0. The maximum absolute atomic E-state index is 13.2. The molecule has 0 N–H and O–H groups in total. The van der Waals surface area contributed by atoms with Crippen LogP contribution in [0.15, 0.2) is 65.2 Å². The number of rotatable bonds is 4. The maximum atomic E-state index is 13.2. The molecule has 1 aliphatic heterocycles. The molecule has 6 nitrogen and oxygen atoms in total. The second-order valence-corrected chi connectivity index (χ2v) is 9.67. The number of amides is 1. The molecule has 33 heavy (non-hydrogen) atoms.